The molecule has 0 amide bonds. The first kappa shape index (κ1) is 24.7. The first-order chi connectivity index (χ1) is 15.7. The zero-order valence-electron chi connectivity index (χ0n) is 17.5. The smallest absolute Gasteiger partial charge is 0.328 e. The maximum atomic E-state index is 13.8. The summed E-state index contributed by atoms with van der Waals surface area (Å²) in [6.45, 7) is 3.66. The largest absolute Gasteiger partial charge is 0.392 e. The lowest BCUT2D eigenvalue weighted by Gasteiger charge is -2.06. The molecule has 0 aliphatic carbocycles. The van der Waals surface area contributed by atoms with Crippen LogP contribution in [0.5, 0.6) is 0 Å². The van der Waals surface area contributed by atoms with Gasteiger partial charge in [0.15, 0.2) is 11.6 Å². The molecule has 0 atom stereocenters. The minimum absolute atomic E-state index is 0.0433. The average Bonchev–Trinajstić information content (AvgIpc) is 2.78. The summed E-state index contributed by atoms with van der Waals surface area (Å²) in [4.78, 5) is 39.8. The lowest BCUT2D eigenvalue weighted by atomic mass is 10.1. The molecule has 0 aliphatic rings. The minimum atomic E-state index is -0.762. The van der Waals surface area contributed by atoms with Crippen LogP contribution in [0, 0.1) is 16.3 Å². The van der Waals surface area contributed by atoms with E-state index >= 15 is 0 Å². The maximum absolute atomic E-state index is 13.8. The highest BCUT2D eigenvalue weighted by atomic mass is 79.9. The quantitative estimate of drug-likeness (QED) is 0.345. The second kappa shape index (κ2) is 9.89. The third-order valence-electron chi connectivity index (χ3n) is 5.02. The summed E-state index contributed by atoms with van der Waals surface area (Å²) >= 11 is 8.21. The third-order valence-corrected chi connectivity index (χ3v) is 6.08. The molecule has 2 heterocycles. The molecule has 12 heteroatoms. The number of fused-ring (bicyclic) bond motifs is 2. The Hall–Kier alpha value is -2.96. The Bertz CT molecular complexity index is 1610. The zero-order chi connectivity index (χ0) is 24.4. The molecule has 2 aromatic heterocycles. The summed E-state index contributed by atoms with van der Waals surface area (Å²) in [5.74, 6) is -1.26. The molecule has 33 heavy (non-hydrogen) atoms. The molecule has 0 radical (unpaired) electrons. The van der Waals surface area contributed by atoms with Gasteiger partial charge in [0.25, 0.3) is 5.56 Å². The van der Waals surface area contributed by atoms with E-state index in [-0.39, 0.29) is 28.5 Å². The highest BCUT2D eigenvalue weighted by molar-refractivity contribution is 9.10. The van der Waals surface area contributed by atoms with Gasteiger partial charge in [-0.05, 0) is 48.0 Å². The number of halogens is 3. The highest BCUT2D eigenvalue weighted by Gasteiger charge is 2.13. The normalized spacial score (nSPS) is 11.0. The first-order valence-electron chi connectivity index (χ1n) is 9.82. The van der Waals surface area contributed by atoms with E-state index in [2.05, 4.69) is 25.9 Å². The lowest BCUT2D eigenvalue weighted by Crippen LogP contribution is -2.34. The number of benzene rings is 2. The molecule has 0 spiro atoms. The molecule has 174 valence electrons. The van der Waals surface area contributed by atoms with Crippen molar-refractivity contribution in [3.8, 4) is 0 Å². The van der Waals surface area contributed by atoms with Crippen LogP contribution < -0.4 is 16.9 Å². The van der Waals surface area contributed by atoms with Crippen molar-refractivity contribution in [2.24, 2.45) is 0 Å². The standard InChI is InChI=1S/C11H11FN2O3.C10H8BrFN2OS/c1-2-14-10(16)7-4-3-6(5-15)8(12)9(7)13-11(14)17;1-2-14-9(16)5-3-4-6(11)7(12)8(5)13-10(14)15/h3-4,15H,2,5H2,1H3,(H,13,17);3-4H,2H2,1H3,(H,13,15). The van der Waals surface area contributed by atoms with Gasteiger partial charge in [-0.25, -0.2) is 18.4 Å². The Kier molecular flexibility index (Phi) is 7.40. The van der Waals surface area contributed by atoms with Gasteiger partial charge in [-0.3, -0.25) is 13.9 Å². The molecule has 0 saturated carbocycles. The lowest BCUT2D eigenvalue weighted by molar-refractivity contribution is 0.276. The number of rotatable bonds is 3. The van der Waals surface area contributed by atoms with Crippen molar-refractivity contribution in [2.75, 3.05) is 0 Å². The van der Waals surface area contributed by atoms with E-state index in [9.17, 15) is 23.2 Å². The fraction of sp³-hybridized carbons (Fsp3) is 0.238. The Balaban J connectivity index is 0.000000186. The molecule has 0 fully saturated rings. The van der Waals surface area contributed by atoms with Gasteiger partial charge in [-0.15, -0.1) is 0 Å². The van der Waals surface area contributed by atoms with Gasteiger partial charge < -0.3 is 15.1 Å². The second-order valence-electron chi connectivity index (χ2n) is 6.86. The van der Waals surface area contributed by atoms with Gasteiger partial charge in [0.2, 0.25) is 0 Å². The Labute approximate surface area is 198 Å². The molecule has 3 N–H and O–H groups in total. The van der Waals surface area contributed by atoms with Crippen LogP contribution in [0.4, 0.5) is 8.78 Å². The van der Waals surface area contributed by atoms with Gasteiger partial charge >= 0.3 is 11.4 Å². The van der Waals surface area contributed by atoms with Crippen molar-refractivity contribution >= 4 is 50.0 Å². The summed E-state index contributed by atoms with van der Waals surface area (Å²) in [6, 6.07) is 5.99. The van der Waals surface area contributed by atoms with Gasteiger partial charge in [0.1, 0.15) is 4.64 Å². The topological polar surface area (TPSA) is 113 Å². The first-order valence-corrected chi connectivity index (χ1v) is 11.0. The third kappa shape index (κ3) is 4.45. The van der Waals surface area contributed by atoms with E-state index in [1.165, 1.54) is 16.7 Å². The minimum Gasteiger partial charge on any atom is -0.392 e. The molecule has 0 bridgehead atoms. The SMILES string of the molecule is CCn1c(=O)[nH]c2c(F)c(Br)ccc2c1=S.CCn1c(=O)[nH]c2c(F)c(CO)ccc2c1=O. The molecular weight excluding hydrogens is 522 g/mol. The summed E-state index contributed by atoms with van der Waals surface area (Å²) in [6.07, 6.45) is 0. The van der Waals surface area contributed by atoms with Crippen molar-refractivity contribution in [1.29, 1.82) is 0 Å². The predicted octanol–water partition coefficient (Wildman–Crippen LogP) is 3.32. The fourth-order valence-corrected chi connectivity index (χ4v) is 4.00. The molecule has 4 rings (SSSR count). The number of nitrogens with zero attached hydrogens (tertiary/aromatic N) is 2. The molecule has 2 aromatic carbocycles. The fourth-order valence-electron chi connectivity index (χ4n) is 3.29. The van der Waals surface area contributed by atoms with Crippen LogP contribution in [0.2, 0.25) is 0 Å². The maximum Gasteiger partial charge on any atom is 0.328 e. The zero-order valence-corrected chi connectivity index (χ0v) is 19.9. The summed E-state index contributed by atoms with van der Waals surface area (Å²) in [5.41, 5.74) is -1.54. The molecule has 4 aromatic rings. The Morgan fingerprint density at radius 1 is 0.909 bits per heavy atom. The van der Waals surface area contributed by atoms with Crippen LogP contribution in [0.1, 0.15) is 19.4 Å². The second-order valence-corrected chi connectivity index (χ2v) is 8.10. The van der Waals surface area contributed by atoms with E-state index in [0.29, 0.717) is 21.0 Å². The number of aromatic amines is 2. The van der Waals surface area contributed by atoms with Crippen molar-refractivity contribution in [2.45, 2.75) is 33.5 Å². The predicted molar refractivity (Wildman–Crippen MR) is 127 cm³/mol. The number of aliphatic hydroxyl groups is 1. The van der Waals surface area contributed by atoms with E-state index < -0.39 is 35.2 Å². The van der Waals surface area contributed by atoms with Gasteiger partial charge in [0, 0.05) is 24.0 Å². The summed E-state index contributed by atoms with van der Waals surface area (Å²) in [5, 5.41) is 9.54. The summed E-state index contributed by atoms with van der Waals surface area (Å²) < 4.78 is 30.5. The number of hydrogen-bond acceptors (Lipinski definition) is 5. The molecule has 0 saturated heterocycles. The van der Waals surface area contributed by atoms with Gasteiger partial charge in [-0.1, -0.05) is 18.3 Å². The molecule has 0 unspecified atom stereocenters. The Morgan fingerprint density at radius 2 is 1.45 bits per heavy atom. The number of aromatic nitrogens is 4. The van der Waals surface area contributed by atoms with Crippen LogP contribution in [0.15, 0.2) is 43.1 Å². The monoisotopic (exact) mass is 540 g/mol. The van der Waals surface area contributed by atoms with Crippen LogP contribution in [-0.2, 0) is 19.7 Å². The van der Waals surface area contributed by atoms with Gasteiger partial charge in [0.05, 0.1) is 27.5 Å². The van der Waals surface area contributed by atoms with E-state index in [1.807, 2.05) is 6.92 Å². The van der Waals surface area contributed by atoms with Crippen molar-refractivity contribution < 1.29 is 13.9 Å². The number of aliphatic hydroxyl groups excluding tert-OH is 1. The average molecular weight is 541 g/mol. The number of hydrogen-bond donors (Lipinski definition) is 3. The van der Waals surface area contributed by atoms with E-state index in [1.54, 1.807) is 19.1 Å². The van der Waals surface area contributed by atoms with Crippen molar-refractivity contribution in [1.82, 2.24) is 19.1 Å². The molecule has 8 nitrogen and oxygen atoms in total. The van der Waals surface area contributed by atoms with Crippen LogP contribution >= 0.6 is 28.1 Å². The molecule has 0 aliphatic heterocycles. The number of nitrogens with one attached hydrogen (secondary N) is 2. The highest BCUT2D eigenvalue weighted by Crippen LogP contribution is 2.23. The number of H-pyrrole nitrogens is 2. The van der Waals surface area contributed by atoms with E-state index in [0.717, 1.165) is 4.57 Å². The summed E-state index contributed by atoms with van der Waals surface area (Å²) in [7, 11) is 0. The van der Waals surface area contributed by atoms with E-state index in [4.69, 9.17) is 17.3 Å². The van der Waals surface area contributed by atoms with Crippen LogP contribution in [0.25, 0.3) is 21.8 Å². The van der Waals surface area contributed by atoms with Gasteiger partial charge in [-0.2, -0.15) is 0 Å². The van der Waals surface area contributed by atoms with Crippen molar-refractivity contribution in [3.05, 3.63) is 81.9 Å². The van der Waals surface area contributed by atoms with Crippen molar-refractivity contribution in [3.63, 3.8) is 0 Å². The van der Waals surface area contributed by atoms with Crippen LogP contribution in [0.3, 0.4) is 0 Å². The Morgan fingerprint density at radius 3 is 2.03 bits per heavy atom. The molecular formula is C21H19BrF2N4O4S. The van der Waals surface area contributed by atoms with Crippen LogP contribution in [-0.4, -0.2) is 24.2 Å².